The van der Waals surface area contributed by atoms with Gasteiger partial charge in [-0.1, -0.05) is 13.8 Å². The minimum Gasteiger partial charge on any atom is -0.493 e. The van der Waals surface area contributed by atoms with Crippen LogP contribution in [0, 0.1) is 5.41 Å². The zero-order valence-electron chi connectivity index (χ0n) is 18.3. The zero-order valence-corrected chi connectivity index (χ0v) is 19.1. The molecule has 3 heterocycles. The van der Waals surface area contributed by atoms with Crippen LogP contribution >= 0.6 is 0 Å². The number of nitrogens with one attached hydrogen (secondary N) is 1. The van der Waals surface area contributed by atoms with Crippen molar-refractivity contribution in [2.24, 2.45) is 5.41 Å². The molecule has 1 aliphatic carbocycles. The Labute approximate surface area is 183 Å². The first-order chi connectivity index (χ1) is 14.8. The highest BCUT2D eigenvalue weighted by atomic mass is 32.2. The largest absolute Gasteiger partial charge is 0.493 e. The van der Waals surface area contributed by atoms with Gasteiger partial charge in [0.05, 0.1) is 12.8 Å². The van der Waals surface area contributed by atoms with Gasteiger partial charge >= 0.3 is 0 Å². The van der Waals surface area contributed by atoms with Gasteiger partial charge in [-0.15, -0.1) is 0 Å². The fraction of sp³-hybridized carbons (Fsp3) is 0.571. The quantitative estimate of drug-likeness (QED) is 0.648. The summed E-state index contributed by atoms with van der Waals surface area (Å²) < 4.78 is 33.7. The lowest BCUT2D eigenvalue weighted by molar-refractivity contribution is 0.258. The van der Waals surface area contributed by atoms with Gasteiger partial charge in [0, 0.05) is 76.0 Å². The molecule has 2 fully saturated rings. The molecular formula is C21H30N6O3S. The average molecular weight is 447 g/mol. The van der Waals surface area contributed by atoms with Crippen LogP contribution in [-0.4, -0.2) is 74.1 Å². The van der Waals surface area contributed by atoms with E-state index in [1.165, 1.54) is 6.20 Å². The van der Waals surface area contributed by atoms with Crippen LogP contribution in [0.5, 0.6) is 5.75 Å². The second kappa shape index (κ2) is 8.68. The topological polar surface area (TPSA) is 101 Å². The summed E-state index contributed by atoms with van der Waals surface area (Å²) in [5, 5.41) is 0. The molecule has 2 aromatic heterocycles. The first-order valence-corrected chi connectivity index (χ1v) is 12.1. The molecule has 4 rings (SSSR count). The maximum atomic E-state index is 12.7. The van der Waals surface area contributed by atoms with Crippen molar-refractivity contribution in [2.45, 2.75) is 37.6 Å². The zero-order chi connectivity index (χ0) is 22.1. The Bertz CT molecular complexity index is 1010. The van der Waals surface area contributed by atoms with Crippen molar-refractivity contribution in [3.63, 3.8) is 0 Å². The van der Waals surface area contributed by atoms with E-state index < -0.39 is 10.0 Å². The van der Waals surface area contributed by atoms with Gasteiger partial charge in [-0.25, -0.2) is 18.1 Å². The second-order valence-corrected chi connectivity index (χ2v) is 10.6. The first kappa shape index (κ1) is 21.9. The van der Waals surface area contributed by atoms with Crippen molar-refractivity contribution in [1.29, 1.82) is 0 Å². The Morgan fingerprint density at radius 2 is 1.90 bits per heavy atom. The molecule has 1 atom stereocenters. The Hall–Kier alpha value is -2.30. The van der Waals surface area contributed by atoms with Crippen LogP contribution in [0.1, 0.15) is 26.0 Å². The molecule has 0 spiro atoms. The Morgan fingerprint density at radius 1 is 1.16 bits per heavy atom. The van der Waals surface area contributed by atoms with Crippen LogP contribution in [0.25, 0.3) is 0 Å². The summed E-state index contributed by atoms with van der Waals surface area (Å²) in [5.74, 6) is 1.16. The van der Waals surface area contributed by atoms with Gasteiger partial charge in [0.2, 0.25) is 10.0 Å². The summed E-state index contributed by atoms with van der Waals surface area (Å²) in [6, 6.07) is 1.54. The molecule has 2 aromatic rings. The predicted molar refractivity (Wildman–Crippen MR) is 118 cm³/mol. The fourth-order valence-corrected chi connectivity index (χ4v) is 5.16. The molecule has 10 heteroatoms. The third-order valence-corrected chi connectivity index (χ3v) is 7.56. The van der Waals surface area contributed by atoms with E-state index in [2.05, 4.69) is 43.3 Å². The summed E-state index contributed by atoms with van der Waals surface area (Å²) in [6.07, 6.45) is 8.34. The smallest absolute Gasteiger partial charge is 0.242 e. The molecule has 1 N–H and O–H groups in total. The van der Waals surface area contributed by atoms with Crippen molar-refractivity contribution < 1.29 is 13.2 Å². The molecule has 9 nitrogen and oxygen atoms in total. The third kappa shape index (κ3) is 5.13. The van der Waals surface area contributed by atoms with Crippen LogP contribution < -0.4 is 14.4 Å². The maximum absolute atomic E-state index is 12.7. The van der Waals surface area contributed by atoms with Gasteiger partial charge in [0.25, 0.3) is 0 Å². The van der Waals surface area contributed by atoms with Crippen LogP contribution in [-0.2, 0) is 16.4 Å². The number of aromatic nitrogens is 3. The van der Waals surface area contributed by atoms with E-state index in [0.717, 1.165) is 51.3 Å². The molecule has 0 radical (unpaired) electrons. The highest BCUT2D eigenvalue weighted by Crippen LogP contribution is 2.45. The number of sulfonamides is 1. The second-order valence-electron chi connectivity index (χ2n) is 8.84. The van der Waals surface area contributed by atoms with E-state index in [1.54, 1.807) is 31.8 Å². The van der Waals surface area contributed by atoms with Gasteiger partial charge in [-0.3, -0.25) is 14.9 Å². The molecule has 1 saturated carbocycles. The lowest BCUT2D eigenvalue weighted by Crippen LogP contribution is -2.47. The Kier molecular flexibility index (Phi) is 6.14. The number of methoxy groups -OCH3 is 1. The van der Waals surface area contributed by atoms with Crippen LogP contribution in [0.3, 0.4) is 0 Å². The minimum absolute atomic E-state index is 0.0112. The van der Waals surface area contributed by atoms with Gasteiger partial charge in [-0.05, 0) is 11.8 Å². The molecule has 0 bridgehead atoms. The molecule has 1 aliphatic heterocycles. The Balaban J connectivity index is 1.37. The minimum atomic E-state index is -3.62. The van der Waals surface area contributed by atoms with E-state index in [0.29, 0.717) is 11.6 Å². The van der Waals surface area contributed by atoms with Crippen molar-refractivity contribution in [3.8, 4) is 5.75 Å². The maximum Gasteiger partial charge on any atom is 0.242 e. The summed E-state index contributed by atoms with van der Waals surface area (Å²) in [4.78, 5) is 17.6. The van der Waals surface area contributed by atoms with E-state index in [4.69, 9.17) is 4.74 Å². The number of hydrogen-bond acceptors (Lipinski definition) is 8. The number of nitrogens with zero attached hydrogens (tertiary/aromatic N) is 5. The molecule has 31 heavy (non-hydrogen) atoms. The summed E-state index contributed by atoms with van der Waals surface area (Å²) in [6.45, 7) is 8.41. The number of pyridine rings is 1. The normalized spacial score (nSPS) is 21.1. The van der Waals surface area contributed by atoms with Gasteiger partial charge < -0.3 is 9.64 Å². The van der Waals surface area contributed by atoms with E-state index in [1.807, 2.05) is 0 Å². The van der Waals surface area contributed by atoms with Crippen LogP contribution in [0.4, 0.5) is 5.82 Å². The Morgan fingerprint density at radius 3 is 2.52 bits per heavy atom. The first-order valence-electron chi connectivity index (χ1n) is 10.6. The molecule has 0 aromatic carbocycles. The van der Waals surface area contributed by atoms with Gasteiger partial charge in [0.15, 0.2) is 11.6 Å². The monoisotopic (exact) mass is 446 g/mol. The molecule has 0 amide bonds. The summed E-state index contributed by atoms with van der Waals surface area (Å²) in [5.41, 5.74) is 1.00. The summed E-state index contributed by atoms with van der Waals surface area (Å²) >= 11 is 0. The molecular weight excluding hydrogens is 416 g/mol. The van der Waals surface area contributed by atoms with Crippen molar-refractivity contribution in [1.82, 2.24) is 24.6 Å². The number of anilines is 1. The molecule has 2 aliphatic rings. The number of ether oxygens (including phenoxy) is 1. The average Bonchev–Trinajstić information content (AvgIpc) is 3.37. The number of piperazine rings is 1. The van der Waals surface area contributed by atoms with Crippen molar-refractivity contribution in [2.75, 3.05) is 44.7 Å². The SMILES string of the molecule is COc1cc(S(=O)(=O)N[C@H]2CC2(C)C)cnc1N1CCN(CCc2cnccn2)CC1. The molecule has 0 unspecified atom stereocenters. The highest BCUT2D eigenvalue weighted by molar-refractivity contribution is 7.89. The van der Waals surface area contributed by atoms with Crippen molar-refractivity contribution in [3.05, 3.63) is 36.5 Å². The van der Waals surface area contributed by atoms with Crippen molar-refractivity contribution >= 4 is 15.8 Å². The lowest BCUT2D eigenvalue weighted by Gasteiger charge is -2.35. The summed E-state index contributed by atoms with van der Waals surface area (Å²) in [7, 11) is -2.07. The molecule has 1 saturated heterocycles. The van der Waals surface area contributed by atoms with E-state index in [-0.39, 0.29) is 16.4 Å². The van der Waals surface area contributed by atoms with E-state index >= 15 is 0 Å². The highest BCUT2D eigenvalue weighted by Gasteiger charge is 2.48. The van der Waals surface area contributed by atoms with E-state index in [9.17, 15) is 8.42 Å². The molecule has 168 valence electrons. The standard InChI is InChI=1S/C21H30N6O3S/c1-21(2)13-19(21)25-31(28,29)17-12-18(30-3)20(24-15-17)27-10-8-26(9-11-27)7-4-16-14-22-5-6-23-16/h5-6,12,14-15,19,25H,4,7-11,13H2,1-3H3/t19-/m0/s1. The van der Waals surface area contributed by atoms with Crippen LogP contribution in [0.15, 0.2) is 35.7 Å². The third-order valence-electron chi connectivity index (χ3n) is 6.12. The number of rotatable bonds is 8. The lowest BCUT2D eigenvalue weighted by atomic mass is 10.2. The predicted octanol–water partition coefficient (Wildman–Crippen LogP) is 1.32. The van der Waals surface area contributed by atoms with Gasteiger partial charge in [-0.2, -0.15) is 0 Å². The van der Waals surface area contributed by atoms with Gasteiger partial charge in [0.1, 0.15) is 4.90 Å². The fourth-order valence-electron chi connectivity index (χ4n) is 3.79. The van der Waals surface area contributed by atoms with Crippen LogP contribution in [0.2, 0.25) is 0 Å². The number of hydrogen-bond donors (Lipinski definition) is 1.